The third kappa shape index (κ3) is 5.07. The average Bonchev–Trinajstić information content (AvgIpc) is 2.61. The molecular formula is C18H19N3O4. The van der Waals surface area contributed by atoms with Crippen molar-refractivity contribution < 1.29 is 19.4 Å². The van der Waals surface area contributed by atoms with Gasteiger partial charge in [-0.15, -0.1) is 0 Å². The van der Waals surface area contributed by atoms with Crippen molar-refractivity contribution in [2.45, 2.75) is 6.92 Å². The van der Waals surface area contributed by atoms with Crippen LogP contribution in [0.4, 0.5) is 0 Å². The van der Waals surface area contributed by atoms with E-state index in [0.717, 1.165) is 5.56 Å². The van der Waals surface area contributed by atoms with Gasteiger partial charge in [0.1, 0.15) is 0 Å². The van der Waals surface area contributed by atoms with E-state index in [9.17, 15) is 14.7 Å². The number of aryl methyl sites for hydroxylation is 1. The lowest BCUT2D eigenvalue weighted by Crippen LogP contribution is -2.35. The van der Waals surface area contributed by atoms with Crippen LogP contribution in [-0.4, -0.2) is 36.8 Å². The molecule has 0 aliphatic carbocycles. The zero-order valence-electron chi connectivity index (χ0n) is 13.9. The summed E-state index contributed by atoms with van der Waals surface area (Å²) in [6.45, 7) is 1.63. The lowest BCUT2D eigenvalue weighted by Gasteiger charge is -2.06. The molecule has 0 aliphatic heterocycles. The maximum absolute atomic E-state index is 12.0. The molecular weight excluding hydrogens is 322 g/mol. The van der Waals surface area contributed by atoms with Crippen molar-refractivity contribution in [2.24, 2.45) is 5.10 Å². The van der Waals surface area contributed by atoms with Crippen LogP contribution in [0.2, 0.25) is 0 Å². The molecule has 0 spiro atoms. The summed E-state index contributed by atoms with van der Waals surface area (Å²) in [4.78, 5) is 23.7. The highest BCUT2D eigenvalue weighted by molar-refractivity contribution is 5.97. The van der Waals surface area contributed by atoms with Crippen molar-refractivity contribution in [1.29, 1.82) is 0 Å². The number of methoxy groups -OCH3 is 1. The van der Waals surface area contributed by atoms with Gasteiger partial charge in [0, 0.05) is 5.56 Å². The number of benzene rings is 2. The number of nitrogens with one attached hydrogen (secondary N) is 2. The summed E-state index contributed by atoms with van der Waals surface area (Å²) < 4.78 is 4.98. The predicted octanol–water partition coefficient (Wildman–Crippen LogP) is 1.59. The number of hydrogen-bond donors (Lipinski definition) is 3. The van der Waals surface area contributed by atoms with Gasteiger partial charge in [-0.3, -0.25) is 9.59 Å². The molecule has 0 saturated carbocycles. The highest BCUT2D eigenvalue weighted by atomic mass is 16.5. The van der Waals surface area contributed by atoms with Gasteiger partial charge >= 0.3 is 0 Å². The first-order valence-electron chi connectivity index (χ1n) is 7.54. The highest BCUT2D eigenvalue weighted by Crippen LogP contribution is 2.25. The van der Waals surface area contributed by atoms with Crippen molar-refractivity contribution in [3.8, 4) is 11.5 Å². The Labute approximate surface area is 145 Å². The van der Waals surface area contributed by atoms with Crippen molar-refractivity contribution in [1.82, 2.24) is 10.7 Å². The van der Waals surface area contributed by atoms with E-state index in [1.165, 1.54) is 19.4 Å². The second-order valence-corrected chi connectivity index (χ2v) is 5.22. The Morgan fingerprint density at radius 2 is 2.00 bits per heavy atom. The SMILES string of the molecule is COc1cc(/C=N/NC(=O)CNC(=O)c2ccccc2C)ccc1O. The molecule has 3 N–H and O–H groups in total. The summed E-state index contributed by atoms with van der Waals surface area (Å²) in [7, 11) is 1.44. The number of rotatable bonds is 6. The molecule has 7 heteroatoms. The molecule has 7 nitrogen and oxygen atoms in total. The van der Waals surface area contributed by atoms with Crippen LogP contribution in [0, 0.1) is 6.92 Å². The second-order valence-electron chi connectivity index (χ2n) is 5.22. The molecule has 2 aromatic rings. The summed E-state index contributed by atoms with van der Waals surface area (Å²) >= 11 is 0. The number of phenols is 1. The molecule has 130 valence electrons. The molecule has 0 fully saturated rings. The third-order valence-electron chi connectivity index (χ3n) is 3.41. The van der Waals surface area contributed by atoms with E-state index >= 15 is 0 Å². The Bertz CT molecular complexity index is 803. The normalized spacial score (nSPS) is 10.5. The van der Waals surface area contributed by atoms with Crippen LogP contribution in [0.25, 0.3) is 0 Å². The first-order chi connectivity index (χ1) is 12.0. The summed E-state index contributed by atoms with van der Waals surface area (Å²) in [6, 6.07) is 11.8. The number of amides is 2. The molecule has 0 atom stereocenters. The van der Waals surface area contributed by atoms with Crippen LogP contribution >= 0.6 is 0 Å². The maximum atomic E-state index is 12.0. The fourth-order valence-electron chi connectivity index (χ4n) is 2.08. The number of hydrazone groups is 1. The minimum Gasteiger partial charge on any atom is -0.504 e. The van der Waals surface area contributed by atoms with Gasteiger partial charge in [-0.1, -0.05) is 18.2 Å². The largest absolute Gasteiger partial charge is 0.504 e. The van der Waals surface area contributed by atoms with E-state index in [0.29, 0.717) is 16.9 Å². The predicted molar refractivity (Wildman–Crippen MR) is 93.9 cm³/mol. The number of phenolic OH excluding ortho intramolecular Hbond substituents is 1. The van der Waals surface area contributed by atoms with E-state index in [2.05, 4.69) is 15.8 Å². The van der Waals surface area contributed by atoms with Crippen molar-refractivity contribution in [3.63, 3.8) is 0 Å². The Hall–Kier alpha value is -3.35. The molecule has 0 radical (unpaired) electrons. The van der Waals surface area contributed by atoms with Gasteiger partial charge in [0.2, 0.25) is 0 Å². The van der Waals surface area contributed by atoms with Gasteiger partial charge in [0.15, 0.2) is 11.5 Å². The highest BCUT2D eigenvalue weighted by Gasteiger charge is 2.09. The lowest BCUT2D eigenvalue weighted by molar-refractivity contribution is -0.120. The van der Waals surface area contributed by atoms with Crippen LogP contribution in [-0.2, 0) is 4.79 Å². The summed E-state index contributed by atoms with van der Waals surface area (Å²) in [6.07, 6.45) is 1.41. The van der Waals surface area contributed by atoms with Gasteiger partial charge in [-0.2, -0.15) is 5.10 Å². The Balaban J connectivity index is 1.84. The Morgan fingerprint density at radius 1 is 1.24 bits per heavy atom. The maximum Gasteiger partial charge on any atom is 0.259 e. The van der Waals surface area contributed by atoms with E-state index in [4.69, 9.17) is 4.74 Å². The molecule has 0 aliphatic rings. The molecule has 25 heavy (non-hydrogen) atoms. The standard InChI is InChI=1S/C18H19N3O4/c1-12-5-3-4-6-14(12)18(24)19-11-17(23)21-20-10-13-7-8-15(22)16(9-13)25-2/h3-10,22H,11H2,1-2H3,(H,19,24)(H,21,23)/b20-10+. The summed E-state index contributed by atoms with van der Waals surface area (Å²) in [5, 5.41) is 15.8. The molecule has 2 amide bonds. The number of nitrogens with zero attached hydrogens (tertiary/aromatic N) is 1. The third-order valence-corrected chi connectivity index (χ3v) is 3.41. The lowest BCUT2D eigenvalue weighted by atomic mass is 10.1. The Kier molecular flexibility index (Phi) is 6.11. The molecule has 0 unspecified atom stereocenters. The van der Waals surface area contributed by atoms with E-state index in [-0.39, 0.29) is 18.2 Å². The van der Waals surface area contributed by atoms with Gasteiger partial charge in [-0.05, 0) is 42.3 Å². The zero-order valence-corrected chi connectivity index (χ0v) is 13.9. The van der Waals surface area contributed by atoms with E-state index in [1.54, 1.807) is 24.3 Å². The van der Waals surface area contributed by atoms with E-state index in [1.807, 2.05) is 19.1 Å². The number of carbonyl (C=O) groups excluding carboxylic acids is 2. The molecule has 2 aromatic carbocycles. The van der Waals surface area contributed by atoms with Gasteiger partial charge in [0.05, 0.1) is 19.9 Å². The molecule has 2 rings (SSSR count). The van der Waals surface area contributed by atoms with Crippen molar-refractivity contribution in [3.05, 3.63) is 59.2 Å². The van der Waals surface area contributed by atoms with Crippen LogP contribution in [0.3, 0.4) is 0 Å². The van der Waals surface area contributed by atoms with Crippen molar-refractivity contribution >= 4 is 18.0 Å². The van der Waals surface area contributed by atoms with Gasteiger partial charge in [-0.25, -0.2) is 5.43 Å². The number of aromatic hydroxyl groups is 1. The van der Waals surface area contributed by atoms with Gasteiger partial charge < -0.3 is 15.2 Å². The number of carbonyl (C=O) groups is 2. The number of ether oxygens (including phenoxy) is 1. The van der Waals surface area contributed by atoms with Crippen molar-refractivity contribution in [2.75, 3.05) is 13.7 Å². The smallest absolute Gasteiger partial charge is 0.259 e. The van der Waals surface area contributed by atoms with Crippen LogP contribution in [0.5, 0.6) is 11.5 Å². The fraction of sp³-hybridized carbons (Fsp3) is 0.167. The quantitative estimate of drug-likeness (QED) is 0.549. The molecule has 0 aromatic heterocycles. The fourth-order valence-corrected chi connectivity index (χ4v) is 2.08. The van der Waals surface area contributed by atoms with E-state index < -0.39 is 5.91 Å². The van der Waals surface area contributed by atoms with Crippen LogP contribution in [0.1, 0.15) is 21.5 Å². The average molecular weight is 341 g/mol. The zero-order chi connectivity index (χ0) is 18.2. The minimum atomic E-state index is -0.455. The number of hydrogen-bond acceptors (Lipinski definition) is 5. The second kappa shape index (κ2) is 8.49. The first-order valence-corrected chi connectivity index (χ1v) is 7.54. The molecule has 0 heterocycles. The topological polar surface area (TPSA) is 100 Å². The Morgan fingerprint density at radius 3 is 2.72 bits per heavy atom. The first kappa shape index (κ1) is 18.0. The monoisotopic (exact) mass is 341 g/mol. The molecule has 0 saturated heterocycles. The minimum absolute atomic E-state index is 0.0163. The van der Waals surface area contributed by atoms with Crippen LogP contribution in [0.15, 0.2) is 47.6 Å². The summed E-state index contributed by atoms with van der Waals surface area (Å²) in [5.41, 5.74) is 4.31. The molecule has 0 bridgehead atoms. The summed E-state index contributed by atoms with van der Waals surface area (Å²) in [5.74, 6) is -0.451. The van der Waals surface area contributed by atoms with Gasteiger partial charge in [0.25, 0.3) is 11.8 Å². The van der Waals surface area contributed by atoms with Crippen LogP contribution < -0.4 is 15.5 Å².